The first-order valence-corrected chi connectivity index (χ1v) is 13.0. The molecule has 3 aromatic rings. The monoisotopic (exact) mass is 464 g/mol. The molecule has 3 aromatic carbocycles. The largest absolute Gasteiger partial charge is 0.344 e. The van der Waals surface area contributed by atoms with E-state index in [2.05, 4.69) is 22.8 Å². The van der Waals surface area contributed by atoms with Gasteiger partial charge in [0, 0.05) is 17.2 Å². The van der Waals surface area contributed by atoms with Gasteiger partial charge in [0.15, 0.2) is 0 Å². The minimum absolute atomic E-state index is 0.0281. The standard InChI is InChI=1S/C26H28N2O2S2/c1-17(2)24(25(30)27-22-9-5-8-21(16-22)26-31-12-13-32-26)28-23(29)15-18-10-11-19-6-3-4-7-20(19)14-18/h3-11,14,16-17,24,26H,12-13,15H2,1-2H3,(H,27,30)(H,28,29). The van der Waals surface area contributed by atoms with Crippen molar-refractivity contribution in [2.45, 2.75) is 30.9 Å². The highest BCUT2D eigenvalue weighted by molar-refractivity contribution is 8.19. The van der Waals surface area contributed by atoms with Crippen molar-refractivity contribution in [3.05, 3.63) is 77.9 Å². The van der Waals surface area contributed by atoms with Gasteiger partial charge in [-0.2, -0.15) is 0 Å². The van der Waals surface area contributed by atoms with E-state index in [1.165, 1.54) is 5.56 Å². The number of benzene rings is 3. The van der Waals surface area contributed by atoms with Crippen LogP contribution in [0, 0.1) is 5.92 Å². The zero-order chi connectivity index (χ0) is 22.5. The van der Waals surface area contributed by atoms with Crippen LogP contribution >= 0.6 is 23.5 Å². The van der Waals surface area contributed by atoms with Crippen molar-refractivity contribution in [3.8, 4) is 0 Å². The van der Waals surface area contributed by atoms with Crippen LogP contribution in [0.5, 0.6) is 0 Å². The molecule has 0 bridgehead atoms. The van der Waals surface area contributed by atoms with E-state index < -0.39 is 6.04 Å². The molecular formula is C26H28N2O2S2. The van der Waals surface area contributed by atoms with E-state index in [0.29, 0.717) is 4.58 Å². The fourth-order valence-electron chi connectivity index (χ4n) is 3.83. The van der Waals surface area contributed by atoms with Gasteiger partial charge in [0.25, 0.3) is 0 Å². The second-order valence-electron chi connectivity index (χ2n) is 8.34. The van der Waals surface area contributed by atoms with Gasteiger partial charge in [0.05, 0.1) is 11.0 Å². The van der Waals surface area contributed by atoms with Crippen LogP contribution in [0.1, 0.15) is 29.6 Å². The number of hydrogen-bond acceptors (Lipinski definition) is 4. The number of nitrogens with one attached hydrogen (secondary N) is 2. The smallest absolute Gasteiger partial charge is 0.247 e. The maximum absolute atomic E-state index is 13.0. The lowest BCUT2D eigenvalue weighted by atomic mass is 10.0. The van der Waals surface area contributed by atoms with Crippen LogP contribution < -0.4 is 10.6 Å². The Balaban J connectivity index is 1.40. The highest BCUT2D eigenvalue weighted by Gasteiger charge is 2.25. The first-order chi connectivity index (χ1) is 15.5. The normalized spacial score (nSPS) is 15.1. The molecule has 1 unspecified atom stereocenters. The molecule has 4 nitrogen and oxygen atoms in total. The van der Waals surface area contributed by atoms with E-state index in [1.807, 2.05) is 92.0 Å². The van der Waals surface area contributed by atoms with E-state index in [9.17, 15) is 9.59 Å². The van der Waals surface area contributed by atoms with Crippen molar-refractivity contribution in [1.82, 2.24) is 5.32 Å². The third kappa shape index (κ3) is 5.67. The van der Waals surface area contributed by atoms with Gasteiger partial charge < -0.3 is 10.6 Å². The minimum Gasteiger partial charge on any atom is -0.344 e. The topological polar surface area (TPSA) is 58.2 Å². The van der Waals surface area contributed by atoms with E-state index in [-0.39, 0.29) is 24.2 Å². The van der Waals surface area contributed by atoms with Crippen LogP contribution in [-0.4, -0.2) is 29.4 Å². The predicted octanol–water partition coefficient (Wildman–Crippen LogP) is 5.64. The Kier molecular flexibility index (Phi) is 7.43. The average Bonchev–Trinajstić information content (AvgIpc) is 3.32. The summed E-state index contributed by atoms with van der Waals surface area (Å²) >= 11 is 3.87. The van der Waals surface area contributed by atoms with E-state index in [1.54, 1.807) is 0 Å². The maximum atomic E-state index is 13.0. The second-order valence-corrected chi connectivity index (χ2v) is 11.1. The predicted molar refractivity (Wildman–Crippen MR) is 137 cm³/mol. The van der Waals surface area contributed by atoms with Crippen molar-refractivity contribution in [2.75, 3.05) is 16.8 Å². The SMILES string of the molecule is CC(C)C(NC(=O)Cc1ccc2ccccc2c1)C(=O)Nc1cccc(C2SCCS2)c1. The quantitative estimate of drug-likeness (QED) is 0.475. The summed E-state index contributed by atoms with van der Waals surface area (Å²) in [6.07, 6.45) is 0.243. The Morgan fingerprint density at radius 3 is 2.44 bits per heavy atom. The molecule has 0 saturated carbocycles. The summed E-state index contributed by atoms with van der Waals surface area (Å²) in [7, 11) is 0. The molecule has 1 aliphatic rings. The van der Waals surface area contributed by atoms with Crippen LogP contribution in [0.25, 0.3) is 10.8 Å². The van der Waals surface area contributed by atoms with Crippen molar-refractivity contribution in [1.29, 1.82) is 0 Å². The molecular weight excluding hydrogens is 436 g/mol. The van der Waals surface area contributed by atoms with Crippen molar-refractivity contribution in [2.24, 2.45) is 5.92 Å². The number of rotatable bonds is 7. The molecule has 1 heterocycles. The zero-order valence-electron chi connectivity index (χ0n) is 18.3. The Labute approximate surface area is 197 Å². The van der Waals surface area contributed by atoms with Crippen LogP contribution in [0.3, 0.4) is 0 Å². The van der Waals surface area contributed by atoms with Crippen molar-refractivity contribution < 1.29 is 9.59 Å². The number of thioether (sulfide) groups is 2. The summed E-state index contributed by atoms with van der Waals surface area (Å²) in [6.45, 7) is 3.89. The summed E-state index contributed by atoms with van der Waals surface area (Å²) in [6, 6.07) is 21.6. The van der Waals surface area contributed by atoms with E-state index >= 15 is 0 Å². The number of anilines is 1. The van der Waals surface area contributed by atoms with Gasteiger partial charge in [-0.15, -0.1) is 23.5 Å². The fourth-order valence-corrected chi connectivity index (χ4v) is 6.67. The Bertz CT molecular complexity index is 1110. The molecule has 1 saturated heterocycles. The zero-order valence-corrected chi connectivity index (χ0v) is 20.0. The molecule has 0 spiro atoms. The number of amides is 2. The number of hydrogen-bond donors (Lipinski definition) is 2. The van der Waals surface area contributed by atoms with Crippen LogP contribution in [0.15, 0.2) is 66.7 Å². The molecule has 1 fully saturated rings. The van der Waals surface area contributed by atoms with Crippen molar-refractivity contribution in [3.63, 3.8) is 0 Å². The number of carbonyl (C=O) groups is 2. The molecule has 1 atom stereocenters. The molecule has 0 aromatic heterocycles. The van der Waals surface area contributed by atoms with Gasteiger partial charge in [0.1, 0.15) is 6.04 Å². The van der Waals surface area contributed by atoms with Gasteiger partial charge in [0.2, 0.25) is 11.8 Å². The van der Waals surface area contributed by atoms with Crippen molar-refractivity contribution >= 4 is 51.8 Å². The molecule has 0 radical (unpaired) electrons. The Morgan fingerprint density at radius 1 is 0.938 bits per heavy atom. The van der Waals surface area contributed by atoms with E-state index in [4.69, 9.17) is 0 Å². The second kappa shape index (κ2) is 10.5. The summed E-state index contributed by atoms with van der Waals surface area (Å²) in [5, 5.41) is 8.20. The average molecular weight is 465 g/mol. The Hall–Kier alpha value is -2.44. The van der Waals surface area contributed by atoms with Gasteiger partial charge in [-0.05, 0) is 39.9 Å². The Morgan fingerprint density at radius 2 is 1.69 bits per heavy atom. The summed E-state index contributed by atoms with van der Waals surface area (Å²) in [4.78, 5) is 25.8. The van der Waals surface area contributed by atoms with Crippen LogP contribution in [0.2, 0.25) is 0 Å². The number of fused-ring (bicyclic) bond motifs is 1. The molecule has 4 rings (SSSR count). The van der Waals surface area contributed by atoms with Crippen LogP contribution in [0.4, 0.5) is 5.69 Å². The summed E-state index contributed by atoms with van der Waals surface area (Å²) < 4.78 is 0.425. The summed E-state index contributed by atoms with van der Waals surface area (Å²) in [5.41, 5.74) is 2.93. The third-order valence-electron chi connectivity index (χ3n) is 5.49. The molecule has 0 aliphatic carbocycles. The van der Waals surface area contributed by atoms with Gasteiger partial charge in [-0.1, -0.05) is 68.4 Å². The molecule has 32 heavy (non-hydrogen) atoms. The highest BCUT2D eigenvalue weighted by Crippen LogP contribution is 2.45. The number of carbonyl (C=O) groups excluding carboxylic acids is 2. The minimum atomic E-state index is -0.596. The first-order valence-electron chi connectivity index (χ1n) is 10.9. The fraction of sp³-hybridized carbons (Fsp3) is 0.308. The molecule has 2 amide bonds. The lowest BCUT2D eigenvalue weighted by Gasteiger charge is -2.22. The first kappa shape index (κ1) is 22.7. The summed E-state index contributed by atoms with van der Waals surface area (Å²) in [5.74, 6) is 1.95. The van der Waals surface area contributed by atoms with Gasteiger partial charge >= 0.3 is 0 Å². The highest BCUT2D eigenvalue weighted by atomic mass is 32.2. The molecule has 1 aliphatic heterocycles. The molecule has 166 valence electrons. The molecule has 6 heteroatoms. The lowest BCUT2D eigenvalue weighted by Crippen LogP contribution is -2.47. The van der Waals surface area contributed by atoms with Gasteiger partial charge in [-0.25, -0.2) is 0 Å². The third-order valence-corrected chi connectivity index (χ3v) is 8.60. The maximum Gasteiger partial charge on any atom is 0.247 e. The van der Waals surface area contributed by atoms with E-state index in [0.717, 1.165) is 33.5 Å². The lowest BCUT2D eigenvalue weighted by molar-refractivity contribution is -0.127. The molecule has 2 N–H and O–H groups in total. The van der Waals surface area contributed by atoms with Gasteiger partial charge in [-0.3, -0.25) is 9.59 Å². The van der Waals surface area contributed by atoms with Crippen LogP contribution in [-0.2, 0) is 16.0 Å².